The summed E-state index contributed by atoms with van der Waals surface area (Å²) in [5.74, 6) is 0.764. The maximum absolute atomic E-state index is 13.0. The Hall–Kier alpha value is -3.42. The first-order valence-electron chi connectivity index (χ1n) is 11.8. The number of aromatic amines is 1. The fraction of sp³-hybridized carbons (Fsp3) is 0.440. The minimum absolute atomic E-state index is 0.0836. The SMILES string of the molecule is C[C@H]1CCCN(C(=O)c2cc3ccc(C4=CCCN(C(=O)CCn5ccnn5)C4)cc3[nH]2)C1. The molecule has 0 radical (unpaired) electrons. The number of amides is 2. The molecule has 2 aromatic heterocycles. The van der Waals surface area contributed by atoms with Crippen molar-refractivity contribution in [2.24, 2.45) is 5.92 Å². The van der Waals surface area contributed by atoms with Crippen LogP contribution in [0.15, 0.2) is 42.7 Å². The van der Waals surface area contributed by atoms with Crippen molar-refractivity contribution in [1.29, 1.82) is 0 Å². The van der Waals surface area contributed by atoms with E-state index in [0.717, 1.165) is 54.5 Å². The van der Waals surface area contributed by atoms with Gasteiger partial charge in [0.15, 0.2) is 0 Å². The van der Waals surface area contributed by atoms with E-state index < -0.39 is 0 Å². The Kier molecular flexibility index (Phi) is 5.98. The molecule has 2 aliphatic heterocycles. The highest BCUT2D eigenvalue weighted by Crippen LogP contribution is 2.26. The topological polar surface area (TPSA) is 87.1 Å². The predicted molar refractivity (Wildman–Crippen MR) is 126 cm³/mol. The van der Waals surface area contributed by atoms with Crippen molar-refractivity contribution < 1.29 is 9.59 Å². The van der Waals surface area contributed by atoms with E-state index >= 15 is 0 Å². The van der Waals surface area contributed by atoms with Crippen LogP contribution in [-0.2, 0) is 11.3 Å². The van der Waals surface area contributed by atoms with Gasteiger partial charge in [0, 0.05) is 49.7 Å². The summed E-state index contributed by atoms with van der Waals surface area (Å²) >= 11 is 0. The smallest absolute Gasteiger partial charge is 0.270 e. The van der Waals surface area contributed by atoms with Crippen molar-refractivity contribution in [1.82, 2.24) is 29.8 Å². The van der Waals surface area contributed by atoms with Crippen molar-refractivity contribution >= 4 is 28.3 Å². The molecule has 4 heterocycles. The molecule has 0 unspecified atom stereocenters. The highest BCUT2D eigenvalue weighted by atomic mass is 16.2. The molecule has 8 heteroatoms. The van der Waals surface area contributed by atoms with Gasteiger partial charge in [-0.05, 0) is 48.4 Å². The minimum atomic E-state index is 0.0836. The number of aryl methyl sites for hydroxylation is 1. The van der Waals surface area contributed by atoms with Crippen LogP contribution in [0.5, 0.6) is 0 Å². The summed E-state index contributed by atoms with van der Waals surface area (Å²) in [5, 5.41) is 8.74. The fourth-order valence-corrected chi connectivity index (χ4v) is 4.87. The van der Waals surface area contributed by atoms with Crippen molar-refractivity contribution in [2.45, 2.75) is 39.2 Å². The predicted octanol–water partition coefficient (Wildman–Crippen LogP) is 3.34. The van der Waals surface area contributed by atoms with Gasteiger partial charge >= 0.3 is 0 Å². The number of hydrogen-bond acceptors (Lipinski definition) is 4. The molecule has 0 spiro atoms. The van der Waals surface area contributed by atoms with Crippen LogP contribution in [0.25, 0.3) is 16.5 Å². The number of benzene rings is 1. The molecular formula is C25H30N6O2. The third-order valence-corrected chi connectivity index (χ3v) is 6.70. The number of nitrogens with one attached hydrogen (secondary N) is 1. The van der Waals surface area contributed by atoms with Crippen LogP contribution < -0.4 is 0 Å². The highest BCUT2D eigenvalue weighted by Gasteiger charge is 2.24. The van der Waals surface area contributed by atoms with Gasteiger partial charge in [-0.25, -0.2) is 0 Å². The molecular weight excluding hydrogens is 416 g/mol. The van der Waals surface area contributed by atoms with Crippen LogP contribution in [-0.4, -0.2) is 67.8 Å². The summed E-state index contributed by atoms with van der Waals surface area (Å²) < 4.78 is 1.68. The van der Waals surface area contributed by atoms with Gasteiger partial charge in [-0.1, -0.05) is 30.3 Å². The fourth-order valence-electron chi connectivity index (χ4n) is 4.87. The lowest BCUT2D eigenvalue weighted by atomic mass is 9.99. The van der Waals surface area contributed by atoms with Gasteiger partial charge in [0.25, 0.3) is 5.91 Å². The van der Waals surface area contributed by atoms with Crippen LogP contribution in [0.4, 0.5) is 0 Å². The van der Waals surface area contributed by atoms with E-state index in [0.29, 0.717) is 31.1 Å². The number of aromatic nitrogens is 4. The number of fused-ring (bicyclic) bond motifs is 1. The van der Waals surface area contributed by atoms with E-state index in [4.69, 9.17) is 0 Å². The lowest BCUT2D eigenvalue weighted by molar-refractivity contribution is -0.131. The Balaban J connectivity index is 1.27. The Morgan fingerprint density at radius 2 is 2.09 bits per heavy atom. The summed E-state index contributed by atoms with van der Waals surface area (Å²) in [5.41, 5.74) is 3.84. The standard InChI is InChI=1S/C25H30N6O2/c1-18-4-2-11-30(16-18)25(33)23-15-20-7-6-19(14-22(20)27-23)21-5-3-10-29(17-21)24(32)8-12-31-13-9-26-28-31/h5-7,9,13-15,18,27H,2-4,8,10-12,16-17H2,1H3/t18-/m0/s1. The minimum Gasteiger partial charge on any atom is -0.351 e. The zero-order valence-corrected chi connectivity index (χ0v) is 19.0. The van der Waals surface area contributed by atoms with Crippen LogP contribution in [0.1, 0.15) is 48.7 Å². The first kappa shape index (κ1) is 21.4. The first-order chi connectivity index (χ1) is 16.1. The van der Waals surface area contributed by atoms with Crippen molar-refractivity contribution in [3.8, 4) is 0 Å². The summed E-state index contributed by atoms with van der Waals surface area (Å²) in [6.07, 6.45) is 9.11. The number of H-pyrrole nitrogens is 1. The second-order valence-electron chi connectivity index (χ2n) is 9.23. The van der Waals surface area contributed by atoms with Crippen molar-refractivity contribution in [3.05, 3.63) is 54.0 Å². The van der Waals surface area contributed by atoms with E-state index in [1.165, 1.54) is 6.42 Å². The van der Waals surface area contributed by atoms with E-state index in [-0.39, 0.29) is 11.8 Å². The van der Waals surface area contributed by atoms with Crippen LogP contribution >= 0.6 is 0 Å². The third kappa shape index (κ3) is 4.69. The second-order valence-corrected chi connectivity index (χ2v) is 9.23. The van der Waals surface area contributed by atoms with E-state index in [9.17, 15) is 9.59 Å². The molecule has 1 N–H and O–H groups in total. The zero-order valence-electron chi connectivity index (χ0n) is 19.0. The normalized spacial score (nSPS) is 19.1. The van der Waals surface area contributed by atoms with E-state index in [1.54, 1.807) is 17.1 Å². The molecule has 3 aromatic rings. The molecule has 5 rings (SSSR count). The first-order valence-corrected chi connectivity index (χ1v) is 11.8. The monoisotopic (exact) mass is 446 g/mol. The van der Waals surface area contributed by atoms with Gasteiger partial charge in [0.2, 0.25) is 5.91 Å². The number of carbonyl (C=O) groups excluding carboxylic acids is 2. The van der Waals surface area contributed by atoms with Gasteiger partial charge in [-0.2, -0.15) is 0 Å². The second kappa shape index (κ2) is 9.21. The van der Waals surface area contributed by atoms with Crippen molar-refractivity contribution in [3.63, 3.8) is 0 Å². The van der Waals surface area contributed by atoms with E-state index in [2.05, 4.69) is 46.5 Å². The molecule has 0 aliphatic carbocycles. The third-order valence-electron chi connectivity index (χ3n) is 6.70. The molecule has 1 aromatic carbocycles. The van der Waals surface area contributed by atoms with Gasteiger partial charge < -0.3 is 14.8 Å². The lowest BCUT2D eigenvalue weighted by Crippen LogP contribution is -2.39. The Morgan fingerprint density at radius 3 is 2.91 bits per heavy atom. The number of nitrogens with zero attached hydrogens (tertiary/aromatic N) is 5. The molecule has 33 heavy (non-hydrogen) atoms. The van der Waals surface area contributed by atoms with Crippen LogP contribution in [0.3, 0.4) is 0 Å². The van der Waals surface area contributed by atoms with Crippen LogP contribution in [0, 0.1) is 5.92 Å². The number of piperidine rings is 1. The summed E-state index contributed by atoms with van der Waals surface area (Å²) in [6, 6.07) is 8.20. The van der Waals surface area contributed by atoms with Crippen molar-refractivity contribution in [2.75, 3.05) is 26.2 Å². The average Bonchev–Trinajstić information content (AvgIpc) is 3.51. The van der Waals surface area contributed by atoms with Gasteiger partial charge in [-0.15, -0.1) is 5.10 Å². The Labute approximate surface area is 193 Å². The zero-order chi connectivity index (χ0) is 22.8. The maximum Gasteiger partial charge on any atom is 0.270 e. The number of hydrogen-bond donors (Lipinski definition) is 1. The van der Waals surface area contributed by atoms with Gasteiger partial charge in [-0.3, -0.25) is 14.3 Å². The summed E-state index contributed by atoms with van der Waals surface area (Å²) in [4.78, 5) is 32.9. The maximum atomic E-state index is 13.0. The molecule has 1 saturated heterocycles. The molecule has 2 amide bonds. The Morgan fingerprint density at radius 1 is 1.18 bits per heavy atom. The highest BCUT2D eigenvalue weighted by molar-refractivity contribution is 5.98. The van der Waals surface area contributed by atoms with E-state index in [1.807, 2.05) is 15.9 Å². The molecule has 172 valence electrons. The number of carbonyl (C=O) groups is 2. The van der Waals surface area contributed by atoms with Gasteiger partial charge in [0.05, 0.1) is 12.7 Å². The molecule has 1 fully saturated rings. The number of rotatable bonds is 5. The molecule has 1 atom stereocenters. The lowest BCUT2D eigenvalue weighted by Gasteiger charge is -2.30. The number of likely N-dealkylation sites (tertiary alicyclic amines) is 1. The Bertz CT molecular complexity index is 1180. The summed E-state index contributed by atoms with van der Waals surface area (Å²) in [6.45, 7) is 5.73. The summed E-state index contributed by atoms with van der Waals surface area (Å²) in [7, 11) is 0. The molecule has 8 nitrogen and oxygen atoms in total. The quantitative estimate of drug-likeness (QED) is 0.651. The van der Waals surface area contributed by atoms with Gasteiger partial charge in [0.1, 0.15) is 5.69 Å². The van der Waals surface area contributed by atoms with Crippen LogP contribution in [0.2, 0.25) is 0 Å². The largest absolute Gasteiger partial charge is 0.351 e. The molecule has 0 bridgehead atoms. The average molecular weight is 447 g/mol. The molecule has 0 saturated carbocycles. The molecule has 2 aliphatic rings.